The fourth-order valence-corrected chi connectivity index (χ4v) is 1.36. The molecule has 1 rings (SSSR count). The number of ether oxygens (including phenoxy) is 1. The molecule has 0 atom stereocenters. The molecule has 0 aliphatic carbocycles. The van der Waals surface area contributed by atoms with E-state index < -0.39 is 5.60 Å². The van der Waals surface area contributed by atoms with Crippen LogP contribution in [0, 0.1) is 6.07 Å². The maximum Gasteiger partial charge on any atom is 0.309 e. The summed E-state index contributed by atoms with van der Waals surface area (Å²) in [6.45, 7) is 5.62. The zero-order valence-corrected chi connectivity index (χ0v) is 12.0. The average molecular weight is 283 g/mol. The van der Waals surface area contributed by atoms with Gasteiger partial charge in [0.15, 0.2) is 0 Å². The summed E-state index contributed by atoms with van der Waals surface area (Å²) in [6, 6.07) is 8.00. The minimum absolute atomic E-state index is 0.156. The lowest BCUT2D eigenvalue weighted by molar-refractivity contribution is -0.156. The van der Waals surface area contributed by atoms with E-state index in [0.717, 1.165) is 0 Å². The van der Waals surface area contributed by atoms with Gasteiger partial charge in [0, 0.05) is 10.6 Å². The Kier molecular flexibility index (Phi) is 5.83. The number of halogens is 1. The molecule has 0 bridgehead atoms. The van der Waals surface area contributed by atoms with Crippen LogP contribution in [0.4, 0.5) is 0 Å². The first kappa shape index (κ1) is 15.5. The van der Waals surface area contributed by atoms with Crippen molar-refractivity contribution in [1.82, 2.24) is 0 Å². The monoisotopic (exact) mass is 282 g/mol. The molecule has 0 saturated heterocycles. The molecule has 0 unspecified atom stereocenters. The number of carbonyl (C=O) groups excluding carboxylic acids is 1. The van der Waals surface area contributed by atoms with E-state index in [9.17, 15) is 4.79 Å². The minimum Gasteiger partial charge on any atom is -0.460 e. The topological polar surface area (TPSA) is 47.9 Å². The summed E-state index contributed by atoms with van der Waals surface area (Å²) >= 11 is 5.92. The standard InChI is InChI=1S/C14H17ClNO3/c1-14(2,3)19-13(17)8-9-18-16-10-11-6-4-5-7-12(11)15/h5-7,10H,8-9H2,1-3H3/b16-10+. The van der Waals surface area contributed by atoms with E-state index in [1.165, 1.54) is 6.21 Å². The Hall–Kier alpha value is -1.55. The van der Waals surface area contributed by atoms with Gasteiger partial charge in [-0.25, -0.2) is 0 Å². The highest BCUT2D eigenvalue weighted by Gasteiger charge is 2.15. The molecule has 0 fully saturated rings. The molecule has 0 amide bonds. The SMILES string of the molecule is CC(C)(C)OC(=O)CCO/N=C/c1c[c]ccc1Cl. The van der Waals surface area contributed by atoms with Gasteiger partial charge in [-0.05, 0) is 39.0 Å². The lowest BCUT2D eigenvalue weighted by Crippen LogP contribution is -2.24. The van der Waals surface area contributed by atoms with Crippen LogP contribution in [0.15, 0.2) is 23.4 Å². The summed E-state index contributed by atoms with van der Waals surface area (Å²) in [5, 5.41) is 4.30. The molecule has 0 aliphatic rings. The zero-order valence-electron chi connectivity index (χ0n) is 11.3. The van der Waals surface area contributed by atoms with Gasteiger partial charge in [0.2, 0.25) is 0 Å². The normalized spacial score (nSPS) is 11.6. The van der Waals surface area contributed by atoms with Gasteiger partial charge in [-0.2, -0.15) is 0 Å². The number of benzene rings is 1. The third-order valence-corrected chi connectivity index (χ3v) is 2.27. The van der Waals surface area contributed by atoms with Gasteiger partial charge in [0.1, 0.15) is 12.2 Å². The predicted molar refractivity (Wildman–Crippen MR) is 74.3 cm³/mol. The summed E-state index contributed by atoms with van der Waals surface area (Å²) in [4.78, 5) is 16.3. The van der Waals surface area contributed by atoms with Gasteiger partial charge >= 0.3 is 5.97 Å². The van der Waals surface area contributed by atoms with Crippen LogP contribution in [-0.2, 0) is 14.4 Å². The highest BCUT2D eigenvalue weighted by atomic mass is 35.5. The van der Waals surface area contributed by atoms with Gasteiger partial charge in [0.25, 0.3) is 0 Å². The van der Waals surface area contributed by atoms with E-state index in [1.54, 1.807) is 18.2 Å². The Morgan fingerprint density at radius 1 is 1.53 bits per heavy atom. The molecule has 1 aromatic rings. The smallest absolute Gasteiger partial charge is 0.309 e. The van der Waals surface area contributed by atoms with E-state index in [2.05, 4.69) is 11.2 Å². The van der Waals surface area contributed by atoms with Crippen molar-refractivity contribution in [3.05, 3.63) is 34.9 Å². The van der Waals surface area contributed by atoms with E-state index in [4.69, 9.17) is 21.2 Å². The second-order valence-corrected chi connectivity index (χ2v) is 5.26. The maximum absolute atomic E-state index is 11.4. The number of hydrogen-bond donors (Lipinski definition) is 0. The predicted octanol–water partition coefficient (Wildman–Crippen LogP) is 3.22. The van der Waals surface area contributed by atoms with Crippen molar-refractivity contribution in [2.24, 2.45) is 5.16 Å². The first-order chi connectivity index (χ1) is 8.88. The molecule has 0 N–H and O–H groups in total. The van der Waals surface area contributed by atoms with Crippen molar-refractivity contribution < 1.29 is 14.4 Å². The molecule has 0 saturated carbocycles. The van der Waals surface area contributed by atoms with E-state index in [1.807, 2.05) is 20.8 Å². The maximum atomic E-state index is 11.4. The largest absolute Gasteiger partial charge is 0.460 e. The third-order valence-electron chi connectivity index (χ3n) is 1.92. The Labute approximate surface area is 118 Å². The number of rotatable bonds is 5. The first-order valence-corrected chi connectivity index (χ1v) is 6.29. The van der Waals surface area contributed by atoms with Gasteiger partial charge in [0.05, 0.1) is 12.6 Å². The van der Waals surface area contributed by atoms with Crippen LogP contribution in [0.5, 0.6) is 0 Å². The Morgan fingerprint density at radius 2 is 2.26 bits per heavy atom. The molecular weight excluding hydrogens is 266 g/mol. The summed E-state index contributed by atoms with van der Waals surface area (Å²) in [7, 11) is 0. The van der Waals surface area contributed by atoms with Gasteiger partial charge in [-0.3, -0.25) is 4.79 Å². The molecule has 103 valence electrons. The highest BCUT2D eigenvalue weighted by molar-refractivity contribution is 6.33. The Bertz CT molecular complexity index is 452. The van der Waals surface area contributed by atoms with Crippen LogP contribution in [0.3, 0.4) is 0 Å². The molecule has 0 heterocycles. The second-order valence-electron chi connectivity index (χ2n) is 4.85. The number of nitrogens with zero attached hydrogens (tertiary/aromatic N) is 1. The van der Waals surface area contributed by atoms with Crippen molar-refractivity contribution >= 4 is 23.8 Å². The van der Waals surface area contributed by atoms with Crippen LogP contribution >= 0.6 is 11.6 Å². The van der Waals surface area contributed by atoms with Crippen LogP contribution in [0.1, 0.15) is 32.8 Å². The van der Waals surface area contributed by atoms with Crippen molar-refractivity contribution in [3.8, 4) is 0 Å². The second kappa shape index (κ2) is 7.14. The van der Waals surface area contributed by atoms with Crippen molar-refractivity contribution in [2.75, 3.05) is 6.61 Å². The summed E-state index contributed by atoms with van der Waals surface area (Å²) < 4.78 is 5.12. The van der Waals surface area contributed by atoms with Crippen LogP contribution < -0.4 is 0 Å². The summed E-state index contributed by atoms with van der Waals surface area (Å²) in [5.41, 5.74) is 0.231. The lowest BCUT2D eigenvalue weighted by Gasteiger charge is -2.19. The molecule has 4 nitrogen and oxygen atoms in total. The fraction of sp³-hybridized carbons (Fsp3) is 0.429. The molecule has 0 aromatic heterocycles. The Balaban J connectivity index is 2.28. The highest BCUT2D eigenvalue weighted by Crippen LogP contribution is 2.12. The van der Waals surface area contributed by atoms with Crippen LogP contribution in [0.2, 0.25) is 5.02 Å². The summed E-state index contributed by atoms with van der Waals surface area (Å²) in [5.74, 6) is -0.311. The molecule has 0 aliphatic heterocycles. The van der Waals surface area contributed by atoms with Crippen molar-refractivity contribution in [2.45, 2.75) is 32.8 Å². The number of carbonyl (C=O) groups is 1. The van der Waals surface area contributed by atoms with E-state index >= 15 is 0 Å². The van der Waals surface area contributed by atoms with Crippen LogP contribution in [0.25, 0.3) is 0 Å². The molecule has 0 spiro atoms. The molecule has 19 heavy (non-hydrogen) atoms. The molecule has 5 heteroatoms. The average Bonchev–Trinajstić information content (AvgIpc) is 2.28. The lowest BCUT2D eigenvalue weighted by atomic mass is 10.2. The fourth-order valence-electron chi connectivity index (χ4n) is 1.19. The van der Waals surface area contributed by atoms with E-state index in [0.29, 0.717) is 10.6 Å². The van der Waals surface area contributed by atoms with Crippen LogP contribution in [-0.4, -0.2) is 24.4 Å². The zero-order chi connectivity index (χ0) is 14.3. The van der Waals surface area contributed by atoms with Gasteiger partial charge in [-0.1, -0.05) is 22.8 Å². The minimum atomic E-state index is -0.478. The summed E-state index contributed by atoms with van der Waals surface area (Å²) in [6.07, 6.45) is 1.64. The Morgan fingerprint density at radius 3 is 2.89 bits per heavy atom. The van der Waals surface area contributed by atoms with Crippen molar-refractivity contribution in [1.29, 1.82) is 0 Å². The molecular formula is C14H17ClNO3. The third kappa shape index (κ3) is 6.82. The first-order valence-electron chi connectivity index (χ1n) is 5.91. The van der Waals surface area contributed by atoms with Gasteiger partial charge in [-0.15, -0.1) is 0 Å². The number of hydrogen-bond acceptors (Lipinski definition) is 4. The molecule has 1 aromatic carbocycles. The van der Waals surface area contributed by atoms with Crippen molar-refractivity contribution in [3.63, 3.8) is 0 Å². The van der Waals surface area contributed by atoms with Gasteiger partial charge < -0.3 is 9.57 Å². The van der Waals surface area contributed by atoms with E-state index in [-0.39, 0.29) is 19.0 Å². The molecule has 1 radical (unpaired) electrons. The quantitative estimate of drug-likeness (QED) is 0.360. The number of esters is 1. The number of oxime groups is 1.